The fourth-order valence-electron chi connectivity index (χ4n) is 1.70. The van der Waals surface area contributed by atoms with E-state index >= 15 is 0 Å². The lowest BCUT2D eigenvalue weighted by atomic mass is 10.00. The van der Waals surface area contributed by atoms with Crippen molar-refractivity contribution in [2.75, 3.05) is 13.7 Å². The first-order chi connectivity index (χ1) is 8.93. The van der Waals surface area contributed by atoms with Crippen LogP contribution in [-0.4, -0.2) is 19.7 Å². The molecule has 0 amide bonds. The number of benzene rings is 1. The number of nitrogens with one attached hydrogen (secondary N) is 1. The molecule has 0 aliphatic rings. The van der Waals surface area contributed by atoms with E-state index in [0.29, 0.717) is 12.0 Å². The van der Waals surface area contributed by atoms with Gasteiger partial charge in [-0.1, -0.05) is 55.3 Å². The predicted octanol–water partition coefficient (Wildman–Crippen LogP) is 4.50. The molecular formula is C16H24BrNO. The number of hydrogen-bond acceptors (Lipinski definition) is 2. The SMILES string of the molecule is COc1ccc(Br)c(/C=C(/CNC(C)C)C(C)C)c1. The number of hydrogen-bond donors (Lipinski definition) is 1. The summed E-state index contributed by atoms with van der Waals surface area (Å²) in [5.41, 5.74) is 2.55. The number of rotatable bonds is 6. The van der Waals surface area contributed by atoms with Crippen LogP contribution >= 0.6 is 15.9 Å². The van der Waals surface area contributed by atoms with E-state index < -0.39 is 0 Å². The van der Waals surface area contributed by atoms with Crippen molar-refractivity contribution < 1.29 is 4.74 Å². The van der Waals surface area contributed by atoms with Gasteiger partial charge in [-0.3, -0.25) is 0 Å². The van der Waals surface area contributed by atoms with Crippen molar-refractivity contribution in [3.05, 3.63) is 33.8 Å². The summed E-state index contributed by atoms with van der Waals surface area (Å²) < 4.78 is 6.38. The predicted molar refractivity (Wildman–Crippen MR) is 86.6 cm³/mol. The molecule has 0 aliphatic carbocycles. The molecule has 1 aromatic carbocycles. The Morgan fingerprint density at radius 2 is 2.00 bits per heavy atom. The van der Waals surface area contributed by atoms with Gasteiger partial charge < -0.3 is 10.1 Å². The van der Waals surface area contributed by atoms with Crippen LogP contribution in [0.15, 0.2) is 28.2 Å². The normalized spacial score (nSPS) is 12.3. The first-order valence-electron chi connectivity index (χ1n) is 6.71. The highest BCUT2D eigenvalue weighted by Crippen LogP contribution is 2.26. The van der Waals surface area contributed by atoms with Crippen LogP contribution in [0.25, 0.3) is 6.08 Å². The van der Waals surface area contributed by atoms with Crippen LogP contribution in [0.3, 0.4) is 0 Å². The number of methoxy groups -OCH3 is 1. The first kappa shape index (κ1) is 16.3. The summed E-state index contributed by atoms with van der Waals surface area (Å²) in [6.07, 6.45) is 2.24. The van der Waals surface area contributed by atoms with E-state index in [9.17, 15) is 0 Å². The average molecular weight is 326 g/mol. The molecule has 19 heavy (non-hydrogen) atoms. The van der Waals surface area contributed by atoms with Crippen molar-refractivity contribution in [1.82, 2.24) is 5.32 Å². The molecule has 0 saturated carbocycles. The van der Waals surface area contributed by atoms with Crippen LogP contribution in [0.1, 0.15) is 33.3 Å². The second-order valence-electron chi connectivity index (χ2n) is 5.30. The quantitative estimate of drug-likeness (QED) is 0.831. The van der Waals surface area contributed by atoms with Crippen LogP contribution < -0.4 is 10.1 Å². The van der Waals surface area contributed by atoms with Crippen LogP contribution in [0.5, 0.6) is 5.75 Å². The van der Waals surface area contributed by atoms with Gasteiger partial charge in [0.05, 0.1) is 7.11 Å². The van der Waals surface area contributed by atoms with Gasteiger partial charge in [0.25, 0.3) is 0 Å². The summed E-state index contributed by atoms with van der Waals surface area (Å²) in [6, 6.07) is 6.54. The van der Waals surface area contributed by atoms with Gasteiger partial charge >= 0.3 is 0 Å². The molecule has 3 heteroatoms. The third-order valence-electron chi connectivity index (χ3n) is 3.00. The summed E-state index contributed by atoms with van der Waals surface area (Å²) >= 11 is 3.60. The molecule has 0 heterocycles. The summed E-state index contributed by atoms with van der Waals surface area (Å²) in [7, 11) is 1.69. The van der Waals surface area contributed by atoms with Crippen molar-refractivity contribution in [2.45, 2.75) is 33.7 Å². The molecule has 0 aromatic heterocycles. The molecule has 0 unspecified atom stereocenters. The fraction of sp³-hybridized carbons (Fsp3) is 0.500. The van der Waals surface area contributed by atoms with Crippen molar-refractivity contribution in [3.8, 4) is 5.75 Å². The van der Waals surface area contributed by atoms with Crippen LogP contribution in [0, 0.1) is 5.92 Å². The second kappa shape index (κ2) is 7.71. The minimum Gasteiger partial charge on any atom is -0.497 e. The van der Waals surface area contributed by atoms with E-state index in [1.54, 1.807) is 7.11 Å². The minimum atomic E-state index is 0.496. The molecule has 1 rings (SSSR count). The zero-order valence-electron chi connectivity index (χ0n) is 12.5. The monoisotopic (exact) mass is 325 g/mol. The van der Waals surface area contributed by atoms with Crippen LogP contribution in [-0.2, 0) is 0 Å². The van der Waals surface area contributed by atoms with E-state index in [0.717, 1.165) is 22.3 Å². The molecular weight excluding hydrogens is 302 g/mol. The zero-order valence-corrected chi connectivity index (χ0v) is 14.0. The largest absolute Gasteiger partial charge is 0.497 e. The van der Waals surface area contributed by atoms with Gasteiger partial charge in [-0.15, -0.1) is 0 Å². The Hall–Kier alpha value is -0.800. The highest BCUT2D eigenvalue weighted by Gasteiger charge is 2.07. The van der Waals surface area contributed by atoms with E-state index in [1.165, 1.54) is 5.57 Å². The van der Waals surface area contributed by atoms with Gasteiger partial charge in [0.2, 0.25) is 0 Å². The fourth-order valence-corrected chi connectivity index (χ4v) is 2.06. The van der Waals surface area contributed by atoms with Gasteiger partial charge in [0.1, 0.15) is 5.75 Å². The summed E-state index contributed by atoms with van der Waals surface area (Å²) in [4.78, 5) is 0. The Morgan fingerprint density at radius 3 is 2.53 bits per heavy atom. The molecule has 0 fully saturated rings. The lowest BCUT2D eigenvalue weighted by molar-refractivity contribution is 0.414. The maximum atomic E-state index is 5.28. The van der Waals surface area contributed by atoms with Gasteiger partial charge in [-0.2, -0.15) is 0 Å². The van der Waals surface area contributed by atoms with Gasteiger partial charge in [-0.25, -0.2) is 0 Å². The van der Waals surface area contributed by atoms with Crippen molar-refractivity contribution in [1.29, 1.82) is 0 Å². The molecule has 1 aromatic rings. The van der Waals surface area contributed by atoms with Crippen molar-refractivity contribution >= 4 is 22.0 Å². The van der Waals surface area contributed by atoms with E-state index in [2.05, 4.69) is 61.1 Å². The summed E-state index contributed by atoms with van der Waals surface area (Å²) in [5.74, 6) is 1.40. The lowest BCUT2D eigenvalue weighted by Gasteiger charge is -2.15. The molecule has 2 nitrogen and oxygen atoms in total. The van der Waals surface area contributed by atoms with Gasteiger partial charge in [0, 0.05) is 17.1 Å². The molecule has 0 radical (unpaired) electrons. The highest BCUT2D eigenvalue weighted by molar-refractivity contribution is 9.10. The van der Waals surface area contributed by atoms with Crippen LogP contribution in [0.4, 0.5) is 0 Å². The Labute approximate surface area is 125 Å². The average Bonchev–Trinajstić information content (AvgIpc) is 2.35. The molecule has 0 bridgehead atoms. The number of halogens is 1. The topological polar surface area (TPSA) is 21.3 Å². The van der Waals surface area contributed by atoms with Gasteiger partial charge in [-0.05, 0) is 29.7 Å². The summed E-state index contributed by atoms with van der Waals surface area (Å²) in [6.45, 7) is 9.70. The maximum absolute atomic E-state index is 5.28. The Bertz CT molecular complexity index is 438. The first-order valence-corrected chi connectivity index (χ1v) is 7.50. The van der Waals surface area contributed by atoms with E-state index in [1.807, 2.05) is 12.1 Å². The Balaban J connectivity index is 3.00. The smallest absolute Gasteiger partial charge is 0.119 e. The van der Waals surface area contributed by atoms with Gasteiger partial charge in [0.15, 0.2) is 0 Å². The molecule has 1 N–H and O–H groups in total. The summed E-state index contributed by atoms with van der Waals surface area (Å²) in [5, 5.41) is 3.48. The Kier molecular flexibility index (Phi) is 6.59. The molecule has 0 atom stereocenters. The molecule has 0 saturated heterocycles. The minimum absolute atomic E-state index is 0.496. The standard InChI is InChI=1S/C16H24BrNO/c1-11(2)14(10-18-12(3)4)8-13-9-15(19-5)6-7-16(13)17/h6-9,11-12,18H,10H2,1-5H3/b14-8-. The lowest BCUT2D eigenvalue weighted by Crippen LogP contribution is -2.26. The third kappa shape index (κ3) is 5.37. The third-order valence-corrected chi connectivity index (χ3v) is 3.72. The van der Waals surface area contributed by atoms with Crippen molar-refractivity contribution in [3.63, 3.8) is 0 Å². The maximum Gasteiger partial charge on any atom is 0.119 e. The van der Waals surface area contributed by atoms with E-state index in [-0.39, 0.29) is 0 Å². The molecule has 0 spiro atoms. The number of ether oxygens (including phenoxy) is 1. The van der Waals surface area contributed by atoms with Crippen LogP contribution in [0.2, 0.25) is 0 Å². The Morgan fingerprint density at radius 1 is 1.32 bits per heavy atom. The highest BCUT2D eigenvalue weighted by atomic mass is 79.9. The van der Waals surface area contributed by atoms with Crippen molar-refractivity contribution in [2.24, 2.45) is 5.92 Å². The zero-order chi connectivity index (χ0) is 14.4. The molecule has 0 aliphatic heterocycles. The second-order valence-corrected chi connectivity index (χ2v) is 6.15. The molecule has 106 valence electrons. The van der Waals surface area contributed by atoms with E-state index in [4.69, 9.17) is 4.74 Å².